The first-order valence-corrected chi connectivity index (χ1v) is 9.18. The first kappa shape index (κ1) is 16.3. The van der Waals surface area contributed by atoms with E-state index in [9.17, 15) is 0 Å². The van der Waals surface area contributed by atoms with Crippen LogP contribution in [0, 0.1) is 6.92 Å². The summed E-state index contributed by atoms with van der Waals surface area (Å²) in [7, 11) is 0. The van der Waals surface area contributed by atoms with Crippen molar-refractivity contribution in [3.63, 3.8) is 0 Å². The highest BCUT2D eigenvalue weighted by Gasteiger charge is 2.35. The SMILES string of the molecule is Cc1noc2cc(C3(N)Nc4cccc(=NC5CCOCC5)n4N3)ccc12. The quantitative estimate of drug-likeness (QED) is 0.639. The summed E-state index contributed by atoms with van der Waals surface area (Å²) in [6.45, 7) is 3.44. The maximum atomic E-state index is 6.66. The Morgan fingerprint density at radius 2 is 2.11 bits per heavy atom. The van der Waals surface area contributed by atoms with Crippen LogP contribution in [0.3, 0.4) is 0 Å². The largest absolute Gasteiger partial charge is 0.381 e. The van der Waals surface area contributed by atoms with Crippen molar-refractivity contribution in [1.29, 1.82) is 0 Å². The highest BCUT2D eigenvalue weighted by molar-refractivity contribution is 5.80. The molecule has 1 unspecified atom stereocenters. The summed E-state index contributed by atoms with van der Waals surface area (Å²) in [4.78, 5) is 4.90. The summed E-state index contributed by atoms with van der Waals surface area (Å²) < 4.78 is 12.7. The Labute approximate surface area is 156 Å². The van der Waals surface area contributed by atoms with Gasteiger partial charge in [0.25, 0.3) is 0 Å². The number of rotatable bonds is 2. The molecule has 0 bridgehead atoms. The molecule has 8 heteroatoms. The summed E-state index contributed by atoms with van der Waals surface area (Å²) in [6.07, 6.45) is 1.87. The summed E-state index contributed by atoms with van der Waals surface area (Å²) in [5.41, 5.74) is 13.3. The first-order valence-electron chi connectivity index (χ1n) is 9.18. The molecule has 0 spiro atoms. The number of ether oxygens (including phenoxy) is 1. The van der Waals surface area contributed by atoms with Crippen molar-refractivity contribution in [2.24, 2.45) is 10.7 Å². The Morgan fingerprint density at radius 1 is 1.26 bits per heavy atom. The molecule has 1 saturated heterocycles. The van der Waals surface area contributed by atoms with E-state index in [0.29, 0.717) is 5.58 Å². The monoisotopic (exact) mass is 366 g/mol. The molecule has 1 fully saturated rings. The maximum absolute atomic E-state index is 6.66. The molecule has 0 amide bonds. The lowest BCUT2D eigenvalue weighted by Gasteiger charge is -2.25. The highest BCUT2D eigenvalue weighted by atomic mass is 16.5. The minimum absolute atomic E-state index is 0.265. The second kappa shape index (κ2) is 6.11. The van der Waals surface area contributed by atoms with Gasteiger partial charge < -0.3 is 14.6 Å². The average molecular weight is 366 g/mol. The number of fused-ring (bicyclic) bond motifs is 2. The van der Waals surface area contributed by atoms with E-state index in [1.165, 1.54) is 0 Å². The molecule has 0 aliphatic carbocycles. The summed E-state index contributed by atoms with van der Waals surface area (Å²) in [6, 6.07) is 12.1. The fraction of sp³-hybridized carbons (Fsp3) is 0.368. The van der Waals surface area contributed by atoms with Crippen molar-refractivity contribution >= 4 is 16.8 Å². The van der Waals surface area contributed by atoms with Crippen molar-refractivity contribution in [2.75, 3.05) is 24.0 Å². The Kier molecular flexibility index (Phi) is 3.70. The minimum Gasteiger partial charge on any atom is -0.381 e. The molecule has 27 heavy (non-hydrogen) atoms. The molecule has 1 aromatic carbocycles. The molecule has 140 valence electrons. The zero-order chi connectivity index (χ0) is 18.4. The zero-order valence-corrected chi connectivity index (χ0v) is 15.1. The number of pyridine rings is 1. The molecule has 1 atom stereocenters. The van der Waals surface area contributed by atoms with E-state index in [1.807, 2.05) is 48.0 Å². The van der Waals surface area contributed by atoms with Gasteiger partial charge in [-0.25, -0.2) is 4.68 Å². The predicted molar refractivity (Wildman–Crippen MR) is 101 cm³/mol. The third-order valence-corrected chi connectivity index (χ3v) is 5.20. The first-order chi connectivity index (χ1) is 13.1. The summed E-state index contributed by atoms with van der Waals surface area (Å²) in [5, 5.41) is 8.36. The second-order valence-electron chi connectivity index (χ2n) is 7.10. The second-order valence-corrected chi connectivity index (χ2v) is 7.10. The fourth-order valence-corrected chi connectivity index (χ4v) is 3.67. The van der Waals surface area contributed by atoms with Gasteiger partial charge in [-0.15, -0.1) is 0 Å². The number of anilines is 1. The van der Waals surface area contributed by atoms with E-state index < -0.39 is 5.79 Å². The Hall–Kier alpha value is -2.84. The van der Waals surface area contributed by atoms with Crippen LogP contribution in [0.5, 0.6) is 0 Å². The molecule has 8 nitrogen and oxygen atoms in total. The molecule has 4 heterocycles. The zero-order valence-electron chi connectivity index (χ0n) is 15.1. The predicted octanol–water partition coefficient (Wildman–Crippen LogP) is 1.76. The molecule has 0 radical (unpaired) electrons. The molecular formula is C19H22N6O2. The van der Waals surface area contributed by atoms with Gasteiger partial charge in [-0.05, 0) is 44.0 Å². The van der Waals surface area contributed by atoms with Crippen molar-refractivity contribution < 1.29 is 9.26 Å². The van der Waals surface area contributed by atoms with Gasteiger partial charge >= 0.3 is 0 Å². The highest BCUT2D eigenvalue weighted by Crippen LogP contribution is 2.28. The third kappa shape index (κ3) is 2.77. The minimum atomic E-state index is -0.969. The van der Waals surface area contributed by atoms with Gasteiger partial charge in [0.1, 0.15) is 11.3 Å². The number of aryl methyl sites for hydroxylation is 1. The van der Waals surface area contributed by atoms with Crippen LogP contribution < -0.4 is 22.0 Å². The third-order valence-electron chi connectivity index (χ3n) is 5.20. The van der Waals surface area contributed by atoms with Gasteiger partial charge in [0.15, 0.2) is 5.58 Å². The van der Waals surface area contributed by atoms with E-state index in [2.05, 4.69) is 15.9 Å². The van der Waals surface area contributed by atoms with Gasteiger partial charge in [0.2, 0.25) is 5.79 Å². The molecule has 0 saturated carbocycles. The number of benzene rings is 1. The standard InChI is InChI=1S/C19H22N6O2/c1-12-15-6-5-13(11-16(15)27-23-12)19(20)22-18-4-2-3-17(25(18)24-19)21-14-7-9-26-10-8-14/h2-6,11,14,22,24H,7-10,20H2,1H3. The van der Waals surface area contributed by atoms with E-state index in [0.717, 1.165) is 54.0 Å². The van der Waals surface area contributed by atoms with Crippen molar-refractivity contribution in [2.45, 2.75) is 31.6 Å². The van der Waals surface area contributed by atoms with Crippen LogP contribution in [-0.4, -0.2) is 29.1 Å². The Morgan fingerprint density at radius 3 is 2.96 bits per heavy atom. The van der Waals surface area contributed by atoms with Crippen molar-refractivity contribution in [1.82, 2.24) is 9.83 Å². The number of aromatic nitrogens is 2. The lowest BCUT2D eigenvalue weighted by atomic mass is 10.1. The van der Waals surface area contributed by atoms with Crippen molar-refractivity contribution in [3.05, 3.63) is 53.1 Å². The number of nitrogens with two attached hydrogens (primary N) is 1. The lowest BCUT2D eigenvalue weighted by Crippen LogP contribution is -2.50. The van der Waals surface area contributed by atoms with Crippen LogP contribution in [0.25, 0.3) is 11.0 Å². The van der Waals surface area contributed by atoms with Gasteiger partial charge in [-0.1, -0.05) is 17.3 Å². The normalized spacial score (nSPS) is 23.3. The van der Waals surface area contributed by atoms with Crippen LogP contribution in [0.1, 0.15) is 24.1 Å². The number of nitrogens with one attached hydrogen (secondary N) is 2. The molecule has 2 aliphatic heterocycles. The van der Waals surface area contributed by atoms with Gasteiger partial charge in [-0.3, -0.25) is 16.2 Å². The van der Waals surface area contributed by atoms with E-state index >= 15 is 0 Å². The van der Waals surface area contributed by atoms with Crippen LogP contribution in [0.4, 0.5) is 5.82 Å². The summed E-state index contributed by atoms with van der Waals surface area (Å²) >= 11 is 0. The van der Waals surface area contributed by atoms with Crippen LogP contribution in [0.2, 0.25) is 0 Å². The molecular weight excluding hydrogens is 344 g/mol. The molecule has 2 aliphatic rings. The van der Waals surface area contributed by atoms with Crippen LogP contribution in [-0.2, 0) is 10.5 Å². The lowest BCUT2D eigenvalue weighted by molar-refractivity contribution is 0.0861. The smallest absolute Gasteiger partial charge is 0.204 e. The average Bonchev–Trinajstić information content (AvgIpc) is 3.23. The Balaban J connectivity index is 1.51. The van der Waals surface area contributed by atoms with Crippen molar-refractivity contribution in [3.8, 4) is 0 Å². The van der Waals surface area contributed by atoms with Gasteiger partial charge in [0.05, 0.1) is 11.7 Å². The summed E-state index contributed by atoms with van der Waals surface area (Å²) in [5.74, 6) is -0.108. The maximum Gasteiger partial charge on any atom is 0.204 e. The van der Waals surface area contributed by atoms with Crippen LogP contribution in [0.15, 0.2) is 45.9 Å². The topological polar surface area (TPSA) is 103 Å². The number of nitrogens with zero attached hydrogens (tertiary/aromatic N) is 3. The number of hydrogen-bond acceptors (Lipinski definition) is 7. The fourth-order valence-electron chi connectivity index (χ4n) is 3.67. The van der Waals surface area contributed by atoms with E-state index in [4.69, 9.17) is 20.0 Å². The van der Waals surface area contributed by atoms with Gasteiger partial charge in [-0.2, -0.15) is 0 Å². The van der Waals surface area contributed by atoms with E-state index in [1.54, 1.807) is 0 Å². The molecule has 5 rings (SSSR count). The molecule has 3 aromatic rings. The van der Waals surface area contributed by atoms with Crippen LogP contribution >= 0.6 is 0 Å². The Bertz CT molecular complexity index is 1070. The van der Waals surface area contributed by atoms with Gasteiger partial charge in [0, 0.05) is 24.2 Å². The molecule has 4 N–H and O–H groups in total. The van der Waals surface area contributed by atoms with E-state index in [-0.39, 0.29) is 6.04 Å². The number of hydrogen-bond donors (Lipinski definition) is 3. The molecule has 2 aromatic heterocycles.